The quantitative estimate of drug-likeness (QED) is 0.307. The van der Waals surface area contributed by atoms with E-state index in [0.717, 1.165) is 52.7 Å². The fraction of sp³-hybridized carbons (Fsp3) is 0. The molecular weight excluding hydrogens is 404 g/mol. The van der Waals surface area contributed by atoms with Crippen molar-refractivity contribution in [3.63, 3.8) is 0 Å². The highest BCUT2D eigenvalue weighted by Crippen LogP contribution is 2.53. The molecule has 0 aliphatic heterocycles. The van der Waals surface area contributed by atoms with Crippen LogP contribution < -0.4 is 5.43 Å². The second-order valence-corrected chi connectivity index (χ2v) is 7.13. The lowest BCUT2D eigenvalue weighted by atomic mass is 10.0. The predicted molar refractivity (Wildman–Crippen MR) is 98.7 cm³/mol. The van der Waals surface area contributed by atoms with E-state index < -0.39 is 0 Å². The van der Waals surface area contributed by atoms with Crippen LogP contribution in [0.4, 0.5) is 0 Å². The van der Waals surface area contributed by atoms with Gasteiger partial charge in [0.15, 0.2) is 5.43 Å². The number of fused-ring (bicyclic) bond motifs is 7. The molecule has 0 amide bonds. The Morgan fingerprint density at radius 2 is 0.909 bits per heavy atom. The van der Waals surface area contributed by atoms with E-state index in [-0.39, 0.29) is 5.43 Å². The van der Waals surface area contributed by atoms with Gasteiger partial charge in [-0.3, -0.25) is 4.79 Å². The molecule has 3 heteroatoms. The monoisotopic (exact) mass is 410 g/mol. The lowest BCUT2D eigenvalue weighted by Gasteiger charge is -1.97. The van der Waals surface area contributed by atoms with Gasteiger partial charge in [-0.05, 0) is 53.4 Å². The maximum absolute atomic E-state index is 13.0. The first-order chi connectivity index (χ1) is 10.7. The van der Waals surface area contributed by atoms with E-state index in [1.54, 1.807) is 0 Å². The van der Waals surface area contributed by atoms with Gasteiger partial charge in [0.2, 0.25) is 0 Å². The fourth-order valence-corrected chi connectivity index (χ4v) is 5.06. The molecule has 0 atom stereocenters. The van der Waals surface area contributed by atoms with Crippen molar-refractivity contribution in [3.8, 4) is 22.3 Å². The smallest absolute Gasteiger partial charge is 0.196 e. The number of hydrogen-bond acceptors (Lipinski definition) is 1. The van der Waals surface area contributed by atoms with Crippen molar-refractivity contribution in [1.82, 2.24) is 0 Å². The van der Waals surface area contributed by atoms with Gasteiger partial charge in [0.25, 0.3) is 0 Å². The van der Waals surface area contributed by atoms with E-state index >= 15 is 0 Å². The Labute approximate surface area is 143 Å². The average molecular weight is 412 g/mol. The molecule has 0 spiro atoms. The SMILES string of the molecule is O=c1c2c(Br)c3ccccc3c-2c2c3ccccc3c(Br)c1-2. The molecule has 0 saturated heterocycles. The highest BCUT2D eigenvalue weighted by molar-refractivity contribution is 9.11. The van der Waals surface area contributed by atoms with Gasteiger partial charge >= 0.3 is 0 Å². The van der Waals surface area contributed by atoms with Crippen molar-refractivity contribution in [2.45, 2.75) is 0 Å². The van der Waals surface area contributed by atoms with Crippen LogP contribution in [-0.4, -0.2) is 0 Å². The van der Waals surface area contributed by atoms with E-state index in [9.17, 15) is 4.79 Å². The number of rotatable bonds is 0. The summed E-state index contributed by atoms with van der Waals surface area (Å²) in [7, 11) is 0. The number of benzene rings is 2. The van der Waals surface area contributed by atoms with Gasteiger partial charge < -0.3 is 0 Å². The third kappa shape index (κ3) is 1.32. The van der Waals surface area contributed by atoms with Gasteiger partial charge in [-0.15, -0.1) is 0 Å². The normalized spacial score (nSPS) is 12.3. The highest BCUT2D eigenvalue weighted by atomic mass is 79.9. The Hall–Kier alpha value is -1.71. The lowest BCUT2D eigenvalue weighted by Crippen LogP contribution is -1.97. The maximum atomic E-state index is 13.0. The maximum Gasteiger partial charge on any atom is 0.196 e. The van der Waals surface area contributed by atoms with E-state index in [1.807, 2.05) is 24.3 Å². The second-order valence-electron chi connectivity index (χ2n) is 5.55. The summed E-state index contributed by atoms with van der Waals surface area (Å²) in [6.45, 7) is 0. The van der Waals surface area contributed by atoms with Gasteiger partial charge in [0, 0.05) is 31.2 Å². The molecule has 0 fully saturated rings. The van der Waals surface area contributed by atoms with Crippen molar-refractivity contribution < 1.29 is 0 Å². The minimum Gasteiger partial charge on any atom is -0.288 e. The molecule has 0 N–H and O–H groups in total. The molecule has 1 nitrogen and oxygen atoms in total. The van der Waals surface area contributed by atoms with Crippen LogP contribution in [0.25, 0.3) is 43.8 Å². The van der Waals surface area contributed by atoms with Crippen LogP contribution in [0.1, 0.15) is 0 Å². The third-order valence-electron chi connectivity index (χ3n) is 4.51. The Morgan fingerprint density at radius 3 is 1.32 bits per heavy atom. The van der Waals surface area contributed by atoms with E-state index in [2.05, 4.69) is 56.1 Å². The van der Waals surface area contributed by atoms with E-state index in [1.165, 1.54) is 0 Å². The molecule has 0 saturated carbocycles. The molecule has 3 aliphatic rings. The highest BCUT2D eigenvalue weighted by Gasteiger charge is 2.33. The molecule has 5 rings (SSSR count). The Bertz CT molecular complexity index is 1070. The lowest BCUT2D eigenvalue weighted by molar-refractivity contribution is 1.70. The summed E-state index contributed by atoms with van der Waals surface area (Å²) >= 11 is 7.28. The molecular formula is C19H8Br2O. The molecule has 22 heavy (non-hydrogen) atoms. The Kier molecular flexibility index (Phi) is 2.43. The Morgan fingerprint density at radius 1 is 0.545 bits per heavy atom. The zero-order chi connectivity index (χ0) is 15.0. The minimum atomic E-state index is 0.108. The van der Waals surface area contributed by atoms with Crippen LogP contribution in [0.5, 0.6) is 0 Å². The summed E-state index contributed by atoms with van der Waals surface area (Å²) in [5, 5.41) is 4.49. The molecule has 2 aromatic rings. The third-order valence-corrected chi connectivity index (χ3v) is 6.16. The van der Waals surface area contributed by atoms with Gasteiger partial charge in [-0.1, -0.05) is 48.5 Å². The zero-order valence-electron chi connectivity index (χ0n) is 11.3. The molecule has 0 unspecified atom stereocenters. The Balaban J connectivity index is 2.19. The standard InChI is InChI=1S/C19H8Br2O/c20-17-11-7-3-1-5-9(11)13-14-10-6-2-4-8-12(10)18(21)16(14)19(22)15(13)17/h1-8H. The first-order valence-corrected chi connectivity index (χ1v) is 8.57. The average Bonchev–Trinajstić information content (AvgIpc) is 3.12. The van der Waals surface area contributed by atoms with Crippen LogP contribution in [0, 0.1) is 0 Å². The topological polar surface area (TPSA) is 17.1 Å². The van der Waals surface area contributed by atoms with Crippen molar-refractivity contribution in [1.29, 1.82) is 0 Å². The van der Waals surface area contributed by atoms with E-state index in [0.29, 0.717) is 0 Å². The van der Waals surface area contributed by atoms with Crippen molar-refractivity contribution in [3.05, 3.63) is 67.7 Å². The van der Waals surface area contributed by atoms with Gasteiger partial charge in [0.05, 0.1) is 0 Å². The summed E-state index contributed by atoms with van der Waals surface area (Å²) in [4.78, 5) is 13.0. The molecule has 0 radical (unpaired) electrons. The molecule has 3 aliphatic carbocycles. The van der Waals surface area contributed by atoms with Gasteiger partial charge in [-0.25, -0.2) is 0 Å². The van der Waals surface area contributed by atoms with Crippen LogP contribution in [0.2, 0.25) is 0 Å². The minimum absolute atomic E-state index is 0.108. The fourth-order valence-electron chi connectivity index (χ4n) is 3.61. The first-order valence-electron chi connectivity index (χ1n) is 6.99. The van der Waals surface area contributed by atoms with Crippen LogP contribution in [0.3, 0.4) is 0 Å². The van der Waals surface area contributed by atoms with Gasteiger partial charge in [0.1, 0.15) is 0 Å². The predicted octanol–water partition coefficient (Wildman–Crippen LogP) is 5.96. The van der Waals surface area contributed by atoms with Gasteiger partial charge in [-0.2, -0.15) is 0 Å². The molecule has 2 aromatic carbocycles. The first kappa shape index (κ1) is 12.8. The van der Waals surface area contributed by atoms with Crippen LogP contribution >= 0.6 is 31.9 Å². The molecule has 0 aromatic heterocycles. The summed E-state index contributed by atoms with van der Waals surface area (Å²) in [5.74, 6) is 0. The molecule has 0 bridgehead atoms. The van der Waals surface area contributed by atoms with Crippen molar-refractivity contribution in [2.75, 3.05) is 0 Å². The van der Waals surface area contributed by atoms with Crippen molar-refractivity contribution in [2.24, 2.45) is 0 Å². The molecule has 0 heterocycles. The summed E-state index contributed by atoms with van der Waals surface area (Å²) in [6.07, 6.45) is 0. The number of hydrogen-bond donors (Lipinski definition) is 0. The largest absolute Gasteiger partial charge is 0.288 e. The zero-order valence-corrected chi connectivity index (χ0v) is 14.5. The summed E-state index contributed by atoms with van der Waals surface area (Å²) in [6, 6.07) is 16.4. The second kappa shape index (κ2) is 4.18. The van der Waals surface area contributed by atoms with Crippen molar-refractivity contribution >= 4 is 53.4 Å². The van der Waals surface area contributed by atoms with E-state index in [4.69, 9.17) is 0 Å². The van der Waals surface area contributed by atoms with Crippen LogP contribution in [-0.2, 0) is 0 Å². The van der Waals surface area contributed by atoms with Crippen LogP contribution in [0.15, 0.2) is 62.3 Å². The summed E-state index contributed by atoms with van der Waals surface area (Å²) < 4.78 is 1.82. The molecule has 104 valence electrons. The summed E-state index contributed by atoms with van der Waals surface area (Å²) in [5.41, 5.74) is 3.86. The number of halogens is 2.